The molecule has 2 rings (SSSR count). The quantitative estimate of drug-likeness (QED) is 0.838. The molecule has 0 saturated heterocycles. The van der Waals surface area contributed by atoms with Crippen molar-refractivity contribution in [1.82, 2.24) is 0 Å². The van der Waals surface area contributed by atoms with Gasteiger partial charge in [0.05, 0.1) is 5.25 Å². The van der Waals surface area contributed by atoms with E-state index in [0.29, 0.717) is 11.8 Å². The van der Waals surface area contributed by atoms with Crippen molar-refractivity contribution >= 4 is 23.1 Å². The van der Waals surface area contributed by atoms with Crippen LogP contribution in [0.4, 0.5) is 0 Å². The van der Waals surface area contributed by atoms with E-state index in [0.717, 1.165) is 0 Å². The fourth-order valence-corrected chi connectivity index (χ4v) is 3.86. The summed E-state index contributed by atoms with van der Waals surface area (Å²) < 4.78 is 0. The second kappa shape index (κ2) is 5.71. The summed E-state index contributed by atoms with van der Waals surface area (Å²) in [5.41, 5.74) is 7.22. The van der Waals surface area contributed by atoms with Crippen LogP contribution >= 0.6 is 23.1 Å². The van der Waals surface area contributed by atoms with Gasteiger partial charge in [-0.1, -0.05) is 18.2 Å². The Kier molecular flexibility index (Phi) is 4.26. The molecule has 1 unspecified atom stereocenters. The summed E-state index contributed by atoms with van der Waals surface area (Å²) >= 11 is 3.71. The topological polar surface area (TPSA) is 26.0 Å². The van der Waals surface area contributed by atoms with Gasteiger partial charge in [-0.15, -0.1) is 23.1 Å². The molecule has 0 spiro atoms. The number of thiophene rings is 1. The molecule has 1 aromatic carbocycles. The lowest BCUT2D eigenvalue weighted by Gasteiger charge is -2.14. The Balaban J connectivity index is 2.18. The summed E-state index contributed by atoms with van der Waals surface area (Å²) in [5.74, 6) is 0. The third kappa shape index (κ3) is 3.12. The van der Waals surface area contributed by atoms with Crippen LogP contribution in [0.2, 0.25) is 0 Å². The molecule has 17 heavy (non-hydrogen) atoms. The Morgan fingerprint density at radius 3 is 2.53 bits per heavy atom. The van der Waals surface area contributed by atoms with E-state index in [2.05, 4.69) is 50.2 Å². The molecule has 1 nitrogen and oxygen atoms in total. The molecule has 1 atom stereocenters. The molecular formula is C14H17NS2. The largest absolute Gasteiger partial charge is 0.329 e. The van der Waals surface area contributed by atoms with Crippen LogP contribution in [0.25, 0.3) is 0 Å². The van der Waals surface area contributed by atoms with Gasteiger partial charge in [0.15, 0.2) is 0 Å². The minimum absolute atomic E-state index is 0.370. The van der Waals surface area contributed by atoms with E-state index in [4.69, 9.17) is 5.73 Å². The van der Waals surface area contributed by atoms with Gasteiger partial charge in [-0.3, -0.25) is 0 Å². The Hall–Kier alpha value is -0.770. The normalized spacial score (nSPS) is 12.6. The summed E-state index contributed by atoms with van der Waals surface area (Å²) in [5, 5.41) is 0.370. The first-order chi connectivity index (χ1) is 8.20. The lowest BCUT2D eigenvalue weighted by Crippen LogP contribution is -2.08. The highest BCUT2D eigenvalue weighted by Gasteiger charge is 2.14. The fraction of sp³-hybridized carbons (Fsp3) is 0.286. The molecule has 0 saturated carbocycles. The van der Waals surface area contributed by atoms with E-state index >= 15 is 0 Å². The number of hydrogen-bond acceptors (Lipinski definition) is 3. The first-order valence-electron chi connectivity index (χ1n) is 5.69. The van der Waals surface area contributed by atoms with Gasteiger partial charge in [0.1, 0.15) is 0 Å². The monoisotopic (exact) mass is 263 g/mol. The van der Waals surface area contributed by atoms with Gasteiger partial charge in [0, 0.05) is 21.2 Å². The molecule has 3 heteroatoms. The van der Waals surface area contributed by atoms with E-state index in [9.17, 15) is 0 Å². The van der Waals surface area contributed by atoms with Crippen molar-refractivity contribution in [3.63, 3.8) is 0 Å². The molecule has 1 aromatic heterocycles. The van der Waals surface area contributed by atoms with Gasteiger partial charge >= 0.3 is 0 Å². The van der Waals surface area contributed by atoms with Gasteiger partial charge in [-0.25, -0.2) is 0 Å². The first kappa shape index (κ1) is 12.7. The summed E-state index contributed by atoms with van der Waals surface area (Å²) in [7, 11) is 0. The molecule has 0 aliphatic rings. The number of nitrogens with two attached hydrogens (primary N) is 1. The van der Waals surface area contributed by atoms with Gasteiger partial charge in [-0.2, -0.15) is 0 Å². The van der Waals surface area contributed by atoms with Crippen molar-refractivity contribution in [1.29, 1.82) is 0 Å². The van der Waals surface area contributed by atoms with Crippen LogP contribution in [0.1, 0.15) is 20.6 Å². The Labute approximate surface area is 111 Å². The minimum atomic E-state index is 0.370. The van der Waals surface area contributed by atoms with Crippen molar-refractivity contribution in [3.8, 4) is 0 Å². The summed E-state index contributed by atoms with van der Waals surface area (Å²) in [6, 6.07) is 12.8. The van der Waals surface area contributed by atoms with Gasteiger partial charge in [0.25, 0.3) is 0 Å². The predicted molar refractivity (Wildman–Crippen MR) is 77.9 cm³/mol. The molecule has 1 heterocycles. The van der Waals surface area contributed by atoms with Gasteiger partial charge < -0.3 is 5.73 Å². The van der Waals surface area contributed by atoms with Crippen LogP contribution in [-0.4, -0.2) is 6.54 Å². The minimum Gasteiger partial charge on any atom is -0.329 e. The number of rotatable bonds is 4. The van der Waals surface area contributed by atoms with E-state index in [1.54, 1.807) is 0 Å². The summed E-state index contributed by atoms with van der Waals surface area (Å²) in [6.45, 7) is 4.97. The first-order valence-corrected chi connectivity index (χ1v) is 7.39. The maximum Gasteiger partial charge on any atom is 0.0560 e. The number of thioether (sulfide) groups is 1. The lowest BCUT2D eigenvalue weighted by molar-refractivity contribution is 0.959. The number of hydrogen-bond donors (Lipinski definition) is 1. The fourth-order valence-electron chi connectivity index (χ4n) is 1.69. The zero-order valence-corrected chi connectivity index (χ0v) is 11.8. The molecule has 0 aliphatic carbocycles. The zero-order chi connectivity index (χ0) is 12.3. The van der Waals surface area contributed by atoms with Crippen LogP contribution in [0, 0.1) is 13.8 Å². The molecule has 0 radical (unpaired) electrons. The van der Waals surface area contributed by atoms with E-state index in [1.807, 2.05) is 23.1 Å². The summed E-state index contributed by atoms with van der Waals surface area (Å²) in [4.78, 5) is 4.05. The summed E-state index contributed by atoms with van der Waals surface area (Å²) in [6.07, 6.45) is 0. The van der Waals surface area contributed by atoms with Gasteiger partial charge in [-0.05, 0) is 37.6 Å². The van der Waals surface area contributed by atoms with Crippen molar-refractivity contribution in [2.24, 2.45) is 5.73 Å². The van der Waals surface area contributed by atoms with E-state index in [1.165, 1.54) is 20.2 Å². The van der Waals surface area contributed by atoms with Gasteiger partial charge in [0.2, 0.25) is 0 Å². The Morgan fingerprint density at radius 2 is 1.94 bits per heavy atom. The highest BCUT2D eigenvalue weighted by atomic mass is 32.2. The number of aryl methyl sites for hydroxylation is 2. The van der Waals surface area contributed by atoms with Crippen molar-refractivity contribution in [2.45, 2.75) is 24.0 Å². The lowest BCUT2D eigenvalue weighted by atomic mass is 10.2. The van der Waals surface area contributed by atoms with Crippen molar-refractivity contribution in [2.75, 3.05) is 6.54 Å². The van der Waals surface area contributed by atoms with Crippen molar-refractivity contribution in [3.05, 3.63) is 51.7 Å². The molecule has 0 bridgehead atoms. The predicted octanol–water partition coefficient (Wildman–Crippen LogP) is 4.16. The molecule has 0 aliphatic heterocycles. The average molecular weight is 263 g/mol. The molecule has 2 N–H and O–H groups in total. The third-order valence-corrected chi connectivity index (χ3v) is 5.36. The Bertz CT molecular complexity index is 490. The van der Waals surface area contributed by atoms with E-state index < -0.39 is 0 Å². The van der Waals surface area contributed by atoms with Crippen LogP contribution in [-0.2, 0) is 0 Å². The third-order valence-electron chi connectivity index (χ3n) is 2.66. The van der Waals surface area contributed by atoms with E-state index in [-0.39, 0.29) is 0 Å². The van der Waals surface area contributed by atoms with Crippen LogP contribution in [0.15, 0.2) is 41.3 Å². The standard InChI is InChI=1S/C14H17NS2/c1-10-5-3-4-6-12(10)17-14(9-15)13-8-7-11(2)16-13/h3-8,14H,9,15H2,1-2H3. The molecule has 0 fully saturated rings. The highest BCUT2D eigenvalue weighted by molar-refractivity contribution is 7.99. The number of benzene rings is 1. The average Bonchev–Trinajstić information content (AvgIpc) is 2.75. The molecular weight excluding hydrogens is 246 g/mol. The maximum absolute atomic E-state index is 5.90. The van der Waals surface area contributed by atoms with Crippen LogP contribution < -0.4 is 5.73 Å². The smallest absolute Gasteiger partial charge is 0.0560 e. The maximum atomic E-state index is 5.90. The molecule has 0 amide bonds. The molecule has 90 valence electrons. The molecule has 2 aromatic rings. The van der Waals surface area contributed by atoms with Crippen molar-refractivity contribution < 1.29 is 0 Å². The van der Waals surface area contributed by atoms with Crippen LogP contribution in [0.3, 0.4) is 0 Å². The second-order valence-electron chi connectivity index (χ2n) is 4.06. The zero-order valence-electron chi connectivity index (χ0n) is 10.1. The SMILES string of the molecule is Cc1ccc(C(CN)Sc2ccccc2C)s1. The Morgan fingerprint density at radius 1 is 1.18 bits per heavy atom. The highest BCUT2D eigenvalue weighted by Crippen LogP contribution is 2.38. The second-order valence-corrected chi connectivity index (χ2v) is 6.62. The van der Waals surface area contributed by atoms with Crippen LogP contribution in [0.5, 0.6) is 0 Å².